The molecule has 11 heteroatoms. The molecule has 0 fully saturated rings. The quantitative estimate of drug-likeness (QED) is 0.147. The first-order chi connectivity index (χ1) is 17.3. The summed E-state index contributed by atoms with van der Waals surface area (Å²) < 4.78 is 29.2. The second-order valence-electron chi connectivity index (χ2n) is 7.35. The summed E-state index contributed by atoms with van der Waals surface area (Å²) in [6, 6.07) is 14.0. The molecule has 0 aliphatic carbocycles. The number of hydrazone groups is 1. The molecule has 1 amide bonds. The van der Waals surface area contributed by atoms with E-state index < -0.39 is 29.2 Å². The number of amides is 1. The average molecular weight is 495 g/mol. The van der Waals surface area contributed by atoms with E-state index in [9.17, 15) is 24.1 Å². The van der Waals surface area contributed by atoms with Crippen molar-refractivity contribution in [3.63, 3.8) is 0 Å². The zero-order chi connectivity index (χ0) is 26.1. The fraction of sp³-hybridized carbons (Fsp3) is 0.160. The van der Waals surface area contributed by atoms with Crippen LogP contribution in [0.4, 0.5) is 10.1 Å². The Hall–Kier alpha value is -4.80. The summed E-state index contributed by atoms with van der Waals surface area (Å²) in [5.74, 6) is -1.40. The first-order valence-electron chi connectivity index (χ1n) is 10.7. The topological polar surface area (TPSA) is 129 Å². The van der Waals surface area contributed by atoms with Crippen LogP contribution in [0.3, 0.4) is 0 Å². The lowest BCUT2D eigenvalue weighted by Crippen LogP contribution is -2.24. The van der Waals surface area contributed by atoms with Gasteiger partial charge in [0.2, 0.25) is 0 Å². The largest absolute Gasteiger partial charge is 0.490 e. The third-order valence-corrected chi connectivity index (χ3v) is 4.62. The smallest absolute Gasteiger partial charge is 0.343 e. The Balaban J connectivity index is 1.61. The van der Waals surface area contributed by atoms with Crippen molar-refractivity contribution in [2.75, 3.05) is 13.2 Å². The fourth-order valence-corrected chi connectivity index (χ4v) is 2.95. The Bertz CT molecular complexity index is 1290. The molecule has 3 rings (SSSR count). The molecule has 0 aliphatic heterocycles. The summed E-state index contributed by atoms with van der Waals surface area (Å²) in [6.07, 6.45) is 1.33. The molecule has 0 radical (unpaired) electrons. The fourth-order valence-electron chi connectivity index (χ4n) is 2.95. The molecule has 0 saturated heterocycles. The lowest BCUT2D eigenvalue weighted by molar-refractivity contribution is -0.385. The summed E-state index contributed by atoms with van der Waals surface area (Å²) in [5.41, 5.74) is 3.40. The highest BCUT2D eigenvalue weighted by Gasteiger charge is 2.16. The van der Waals surface area contributed by atoms with Crippen molar-refractivity contribution in [2.24, 2.45) is 5.10 Å². The molecule has 10 nitrogen and oxygen atoms in total. The molecule has 0 aliphatic rings. The van der Waals surface area contributed by atoms with Crippen LogP contribution in [0.25, 0.3) is 0 Å². The van der Waals surface area contributed by atoms with Crippen LogP contribution in [0.15, 0.2) is 65.8 Å². The minimum atomic E-state index is -0.682. The number of hydrogen-bond acceptors (Lipinski definition) is 8. The van der Waals surface area contributed by atoms with Crippen LogP contribution >= 0.6 is 0 Å². The predicted molar refractivity (Wildman–Crippen MR) is 128 cm³/mol. The van der Waals surface area contributed by atoms with E-state index in [1.54, 1.807) is 32.0 Å². The summed E-state index contributed by atoms with van der Waals surface area (Å²) in [4.78, 5) is 34.9. The summed E-state index contributed by atoms with van der Waals surface area (Å²) in [7, 11) is 0. The second-order valence-corrected chi connectivity index (χ2v) is 7.35. The number of nitro benzene ring substituents is 1. The van der Waals surface area contributed by atoms with E-state index in [-0.39, 0.29) is 28.5 Å². The maximum Gasteiger partial charge on any atom is 0.343 e. The van der Waals surface area contributed by atoms with Crippen molar-refractivity contribution in [2.45, 2.75) is 13.8 Å². The van der Waals surface area contributed by atoms with Crippen LogP contribution in [0.5, 0.6) is 17.2 Å². The number of carbonyl (C=O) groups is 2. The van der Waals surface area contributed by atoms with Crippen LogP contribution in [-0.4, -0.2) is 36.2 Å². The molecule has 0 bridgehead atoms. The molecular weight excluding hydrogens is 473 g/mol. The van der Waals surface area contributed by atoms with Crippen LogP contribution in [0.1, 0.15) is 28.4 Å². The molecule has 0 unspecified atom stereocenters. The molecule has 0 spiro atoms. The molecule has 0 aromatic heterocycles. The second kappa shape index (κ2) is 12.1. The third kappa shape index (κ3) is 7.10. The van der Waals surface area contributed by atoms with Gasteiger partial charge in [0.15, 0.2) is 23.9 Å². The van der Waals surface area contributed by atoms with E-state index in [1.807, 2.05) is 0 Å². The molecule has 0 heterocycles. The van der Waals surface area contributed by atoms with E-state index >= 15 is 0 Å². The van der Waals surface area contributed by atoms with E-state index in [0.29, 0.717) is 17.7 Å². The van der Waals surface area contributed by atoms with Gasteiger partial charge >= 0.3 is 11.7 Å². The van der Waals surface area contributed by atoms with Gasteiger partial charge in [-0.1, -0.05) is 6.07 Å². The van der Waals surface area contributed by atoms with Gasteiger partial charge in [0.05, 0.1) is 23.3 Å². The van der Waals surface area contributed by atoms with Crippen molar-refractivity contribution in [3.05, 3.63) is 93.3 Å². The lowest BCUT2D eigenvalue weighted by Gasteiger charge is -2.11. The van der Waals surface area contributed by atoms with Crippen LogP contribution in [0.2, 0.25) is 0 Å². The molecule has 1 N–H and O–H groups in total. The number of halogens is 1. The zero-order valence-electron chi connectivity index (χ0n) is 19.4. The molecule has 3 aromatic carbocycles. The van der Waals surface area contributed by atoms with Gasteiger partial charge in [0.1, 0.15) is 5.82 Å². The Morgan fingerprint density at radius 2 is 1.75 bits per heavy atom. The van der Waals surface area contributed by atoms with Gasteiger partial charge in [-0.05, 0) is 73.5 Å². The first kappa shape index (κ1) is 25.8. The van der Waals surface area contributed by atoms with Gasteiger partial charge in [0, 0.05) is 6.07 Å². The minimum absolute atomic E-state index is 0.0307. The average Bonchev–Trinajstić information content (AvgIpc) is 2.85. The van der Waals surface area contributed by atoms with Gasteiger partial charge in [-0.3, -0.25) is 14.9 Å². The minimum Gasteiger partial charge on any atom is -0.490 e. The van der Waals surface area contributed by atoms with E-state index in [4.69, 9.17) is 14.2 Å². The van der Waals surface area contributed by atoms with Crippen molar-refractivity contribution < 1.29 is 33.1 Å². The van der Waals surface area contributed by atoms with E-state index in [1.165, 1.54) is 36.5 Å². The lowest BCUT2D eigenvalue weighted by atomic mass is 10.2. The Kier molecular flexibility index (Phi) is 8.65. The van der Waals surface area contributed by atoms with E-state index in [2.05, 4.69) is 10.5 Å². The Morgan fingerprint density at radius 1 is 1.03 bits per heavy atom. The van der Waals surface area contributed by atoms with Crippen molar-refractivity contribution >= 4 is 23.8 Å². The molecule has 0 atom stereocenters. The molecule has 3 aromatic rings. The van der Waals surface area contributed by atoms with E-state index in [0.717, 1.165) is 12.1 Å². The standard InChI is InChI=1S/C25H22FN3O7/c1-3-34-23-13-17(5-11-22(23)36-25(31)18-6-8-19(26)9-7-18)14-27-28-24(30)15-35-21-10-4-16(2)12-20(21)29(32)33/h4-14H,3,15H2,1-2H3,(H,28,30). The molecule has 0 saturated carbocycles. The number of hydrogen-bond donors (Lipinski definition) is 1. The number of carbonyl (C=O) groups excluding carboxylic acids is 2. The number of benzene rings is 3. The SMILES string of the molecule is CCOc1cc(C=NNC(=O)COc2ccc(C)cc2[N+](=O)[O-])ccc1OC(=O)c1ccc(F)cc1. The highest BCUT2D eigenvalue weighted by atomic mass is 19.1. The number of aryl methyl sites for hydroxylation is 1. The number of nitrogens with zero attached hydrogens (tertiary/aromatic N) is 2. The monoisotopic (exact) mass is 495 g/mol. The zero-order valence-corrected chi connectivity index (χ0v) is 19.4. The molecular formula is C25H22FN3O7. The van der Waals surface area contributed by atoms with Crippen molar-refractivity contribution in [1.29, 1.82) is 0 Å². The van der Waals surface area contributed by atoms with Gasteiger partial charge in [-0.15, -0.1) is 0 Å². The number of rotatable bonds is 10. The Morgan fingerprint density at radius 3 is 2.44 bits per heavy atom. The highest BCUT2D eigenvalue weighted by Crippen LogP contribution is 2.29. The number of esters is 1. The van der Waals surface area contributed by atoms with Crippen molar-refractivity contribution in [3.8, 4) is 17.2 Å². The van der Waals surface area contributed by atoms with Crippen molar-refractivity contribution in [1.82, 2.24) is 5.43 Å². The number of ether oxygens (including phenoxy) is 3. The van der Waals surface area contributed by atoms with Gasteiger partial charge in [-0.25, -0.2) is 14.6 Å². The Labute approximate surface area is 205 Å². The summed E-state index contributed by atoms with van der Waals surface area (Å²) in [6.45, 7) is 3.27. The van der Waals surface area contributed by atoms with Gasteiger partial charge in [0.25, 0.3) is 5.91 Å². The van der Waals surface area contributed by atoms with Crippen LogP contribution < -0.4 is 19.6 Å². The summed E-state index contributed by atoms with van der Waals surface area (Å²) >= 11 is 0. The maximum atomic E-state index is 13.1. The number of nitro groups is 1. The van der Waals surface area contributed by atoms with Gasteiger partial charge in [-0.2, -0.15) is 5.10 Å². The predicted octanol–water partition coefficient (Wildman–Crippen LogP) is 4.19. The number of nitrogens with one attached hydrogen (secondary N) is 1. The molecule has 36 heavy (non-hydrogen) atoms. The first-order valence-corrected chi connectivity index (χ1v) is 10.7. The highest BCUT2D eigenvalue weighted by molar-refractivity contribution is 5.91. The van der Waals surface area contributed by atoms with Crippen LogP contribution in [-0.2, 0) is 4.79 Å². The maximum absolute atomic E-state index is 13.1. The summed E-state index contributed by atoms with van der Waals surface area (Å²) in [5, 5.41) is 15.0. The molecule has 186 valence electrons. The third-order valence-electron chi connectivity index (χ3n) is 4.62. The van der Waals surface area contributed by atoms with Crippen LogP contribution in [0, 0.1) is 22.9 Å². The van der Waals surface area contributed by atoms with Gasteiger partial charge < -0.3 is 14.2 Å². The normalized spacial score (nSPS) is 10.6.